The highest BCUT2D eigenvalue weighted by atomic mass is 79.9. The molecule has 0 radical (unpaired) electrons. The van der Waals surface area contributed by atoms with Gasteiger partial charge in [0, 0.05) is 7.05 Å². The van der Waals surface area contributed by atoms with E-state index in [1.165, 1.54) is 0 Å². The minimum absolute atomic E-state index is 0.666. The van der Waals surface area contributed by atoms with Gasteiger partial charge in [0.2, 0.25) is 0 Å². The number of anilines is 3. The van der Waals surface area contributed by atoms with Crippen LogP contribution in [0.3, 0.4) is 0 Å². The summed E-state index contributed by atoms with van der Waals surface area (Å²) in [4.78, 5) is 4.37. The Morgan fingerprint density at radius 1 is 1.12 bits per heavy atom. The number of benzene rings is 1. The fraction of sp³-hybridized carbons (Fsp3) is 0.0833. The number of hydrogen-bond donors (Lipinski definition) is 2. The van der Waals surface area contributed by atoms with Gasteiger partial charge in [-0.2, -0.15) is 0 Å². The molecule has 2 N–H and O–H groups in total. The minimum Gasteiger partial charge on any atom is -0.373 e. The van der Waals surface area contributed by atoms with Crippen LogP contribution in [-0.2, 0) is 0 Å². The zero-order valence-electron chi connectivity index (χ0n) is 9.17. The van der Waals surface area contributed by atoms with Crippen molar-refractivity contribution < 1.29 is 0 Å². The maximum absolute atomic E-state index is 6.02. The van der Waals surface area contributed by atoms with Crippen molar-refractivity contribution in [3.63, 3.8) is 0 Å². The lowest BCUT2D eigenvalue weighted by Crippen LogP contribution is -1.97. The number of nitrogens with zero attached hydrogens (tertiary/aromatic N) is 1. The first-order valence-corrected chi connectivity index (χ1v) is 6.23. The molecular formula is C12H11BrClN3. The van der Waals surface area contributed by atoms with E-state index in [1.807, 2.05) is 43.4 Å². The molecule has 2 rings (SSSR count). The molecule has 1 aromatic heterocycles. The normalized spacial score (nSPS) is 10.1. The zero-order chi connectivity index (χ0) is 12.3. The van der Waals surface area contributed by atoms with Crippen molar-refractivity contribution in [1.82, 2.24) is 4.98 Å². The van der Waals surface area contributed by atoms with Gasteiger partial charge in [0.05, 0.1) is 15.2 Å². The van der Waals surface area contributed by atoms with Gasteiger partial charge in [-0.1, -0.05) is 23.7 Å². The number of aromatic nitrogens is 1. The van der Waals surface area contributed by atoms with Crippen molar-refractivity contribution in [2.24, 2.45) is 0 Å². The van der Waals surface area contributed by atoms with E-state index in [0.29, 0.717) is 5.02 Å². The van der Waals surface area contributed by atoms with E-state index in [4.69, 9.17) is 11.6 Å². The van der Waals surface area contributed by atoms with Gasteiger partial charge < -0.3 is 10.6 Å². The van der Waals surface area contributed by atoms with Crippen LogP contribution in [-0.4, -0.2) is 12.0 Å². The third-order valence-electron chi connectivity index (χ3n) is 2.22. The van der Waals surface area contributed by atoms with Gasteiger partial charge >= 0.3 is 0 Å². The maximum atomic E-state index is 6.02. The first-order valence-electron chi connectivity index (χ1n) is 5.06. The average Bonchev–Trinajstić information content (AvgIpc) is 2.35. The fourth-order valence-corrected chi connectivity index (χ4v) is 1.92. The van der Waals surface area contributed by atoms with Crippen LogP contribution >= 0.6 is 27.5 Å². The summed E-state index contributed by atoms with van der Waals surface area (Å²) in [6, 6.07) is 11.4. The first kappa shape index (κ1) is 12.2. The summed E-state index contributed by atoms with van der Waals surface area (Å²) in [5.41, 5.74) is 0.887. The minimum atomic E-state index is 0.666. The van der Waals surface area contributed by atoms with Crippen LogP contribution in [0, 0.1) is 0 Å². The molecule has 1 aromatic carbocycles. The molecule has 0 aliphatic rings. The van der Waals surface area contributed by atoms with Crippen LogP contribution in [0.15, 0.2) is 40.9 Å². The van der Waals surface area contributed by atoms with Crippen LogP contribution in [0.1, 0.15) is 0 Å². The summed E-state index contributed by atoms with van der Waals surface area (Å²) < 4.78 is 0.832. The van der Waals surface area contributed by atoms with E-state index in [9.17, 15) is 0 Å². The highest BCUT2D eigenvalue weighted by Crippen LogP contribution is 2.31. The molecule has 88 valence electrons. The molecule has 0 aliphatic heterocycles. The van der Waals surface area contributed by atoms with Crippen LogP contribution < -0.4 is 10.6 Å². The molecule has 0 unspecified atom stereocenters. The predicted octanol–water partition coefficient (Wildman–Crippen LogP) is 4.28. The molecule has 0 saturated heterocycles. The maximum Gasteiger partial charge on any atom is 0.132 e. The molecule has 0 spiro atoms. The van der Waals surface area contributed by atoms with Crippen molar-refractivity contribution in [2.45, 2.75) is 0 Å². The zero-order valence-corrected chi connectivity index (χ0v) is 11.5. The van der Waals surface area contributed by atoms with Crippen molar-refractivity contribution in [3.8, 4) is 0 Å². The van der Waals surface area contributed by atoms with Crippen LogP contribution in [0.5, 0.6) is 0 Å². The topological polar surface area (TPSA) is 37.0 Å². The van der Waals surface area contributed by atoms with E-state index in [-0.39, 0.29) is 0 Å². The monoisotopic (exact) mass is 311 g/mol. The molecule has 0 amide bonds. The average molecular weight is 313 g/mol. The molecule has 1 heterocycles. The lowest BCUT2D eigenvalue weighted by molar-refractivity contribution is 1.27. The number of nitrogens with one attached hydrogen (secondary N) is 2. The molecule has 0 atom stereocenters. The van der Waals surface area contributed by atoms with E-state index in [2.05, 4.69) is 31.5 Å². The summed E-state index contributed by atoms with van der Waals surface area (Å²) in [6.45, 7) is 0. The van der Waals surface area contributed by atoms with Crippen molar-refractivity contribution in [1.29, 1.82) is 0 Å². The van der Waals surface area contributed by atoms with E-state index in [1.54, 1.807) is 0 Å². The van der Waals surface area contributed by atoms with Gasteiger partial charge in [-0.25, -0.2) is 4.98 Å². The molecule has 0 fully saturated rings. The first-order chi connectivity index (χ1) is 8.20. The fourth-order valence-electron chi connectivity index (χ4n) is 1.38. The molecule has 0 aliphatic carbocycles. The molecule has 0 saturated carbocycles. The SMILES string of the molecule is CNc1cccc(Nc2cccc(Cl)c2Br)n1. The Kier molecular flexibility index (Phi) is 3.86. The molecule has 17 heavy (non-hydrogen) atoms. The summed E-state index contributed by atoms with van der Waals surface area (Å²) in [5.74, 6) is 1.58. The molecule has 5 heteroatoms. The second kappa shape index (κ2) is 5.38. The van der Waals surface area contributed by atoms with Gasteiger partial charge in [-0.15, -0.1) is 0 Å². The number of rotatable bonds is 3. The summed E-state index contributed by atoms with van der Waals surface area (Å²) in [6.07, 6.45) is 0. The third kappa shape index (κ3) is 2.90. The molecular weight excluding hydrogens is 302 g/mol. The molecule has 0 bridgehead atoms. The standard InChI is InChI=1S/C12H11BrClN3/c1-15-10-6-3-7-11(17-10)16-9-5-2-4-8(14)12(9)13/h2-7H,1H3,(H2,15,16,17). The van der Waals surface area contributed by atoms with Crippen LogP contribution in [0.2, 0.25) is 5.02 Å². The third-order valence-corrected chi connectivity index (χ3v) is 3.62. The Morgan fingerprint density at radius 3 is 2.59 bits per heavy atom. The smallest absolute Gasteiger partial charge is 0.132 e. The largest absolute Gasteiger partial charge is 0.373 e. The Bertz CT molecular complexity index is 531. The summed E-state index contributed by atoms with van der Waals surface area (Å²) in [7, 11) is 1.83. The Morgan fingerprint density at radius 2 is 1.82 bits per heavy atom. The summed E-state index contributed by atoms with van der Waals surface area (Å²) in [5, 5.41) is 6.86. The van der Waals surface area contributed by atoms with E-state index >= 15 is 0 Å². The molecule has 2 aromatic rings. The van der Waals surface area contributed by atoms with Gasteiger partial charge in [0.1, 0.15) is 11.6 Å². The lowest BCUT2D eigenvalue weighted by atomic mass is 10.3. The van der Waals surface area contributed by atoms with Crippen molar-refractivity contribution >= 4 is 44.9 Å². The summed E-state index contributed by atoms with van der Waals surface area (Å²) >= 11 is 9.45. The van der Waals surface area contributed by atoms with Crippen molar-refractivity contribution in [2.75, 3.05) is 17.7 Å². The highest BCUT2D eigenvalue weighted by molar-refractivity contribution is 9.10. The quantitative estimate of drug-likeness (QED) is 0.888. The van der Waals surface area contributed by atoms with Gasteiger partial charge in [0.15, 0.2) is 0 Å². The van der Waals surface area contributed by atoms with Crippen LogP contribution in [0.4, 0.5) is 17.3 Å². The Labute approximate surface area is 113 Å². The second-order valence-electron chi connectivity index (χ2n) is 3.38. The Hall–Kier alpha value is -1.26. The molecule has 3 nitrogen and oxygen atoms in total. The number of hydrogen-bond acceptors (Lipinski definition) is 3. The predicted molar refractivity (Wildman–Crippen MR) is 76.2 cm³/mol. The van der Waals surface area contributed by atoms with E-state index < -0.39 is 0 Å². The number of pyridine rings is 1. The van der Waals surface area contributed by atoms with Crippen LogP contribution in [0.25, 0.3) is 0 Å². The van der Waals surface area contributed by atoms with Crippen molar-refractivity contribution in [3.05, 3.63) is 45.9 Å². The Balaban J connectivity index is 2.28. The van der Waals surface area contributed by atoms with E-state index in [0.717, 1.165) is 21.8 Å². The number of halogens is 2. The second-order valence-corrected chi connectivity index (χ2v) is 4.58. The van der Waals surface area contributed by atoms with Gasteiger partial charge in [-0.3, -0.25) is 0 Å². The highest BCUT2D eigenvalue weighted by Gasteiger charge is 2.04. The van der Waals surface area contributed by atoms with Gasteiger partial charge in [-0.05, 0) is 40.2 Å². The van der Waals surface area contributed by atoms with Gasteiger partial charge in [0.25, 0.3) is 0 Å². The lowest BCUT2D eigenvalue weighted by Gasteiger charge is -2.09.